The van der Waals surface area contributed by atoms with E-state index in [0.717, 1.165) is 25.0 Å². The lowest BCUT2D eigenvalue weighted by Gasteiger charge is -2.26. The lowest BCUT2D eigenvalue weighted by atomic mass is 9.92. The topological polar surface area (TPSA) is 24.1 Å². The molecule has 2 N–H and O–H groups in total. The number of rotatable bonds is 2. The van der Waals surface area contributed by atoms with Crippen molar-refractivity contribution in [1.82, 2.24) is 10.6 Å². The van der Waals surface area contributed by atoms with Gasteiger partial charge in [0.05, 0.1) is 0 Å². The van der Waals surface area contributed by atoms with Crippen LogP contribution in [-0.4, -0.2) is 25.2 Å². The molecule has 2 nitrogen and oxygen atoms in total. The molecular weight excluding hydrogens is 148 g/mol. The smallest absolute Gasteiger partial charge is 0.0108 e. The molecule has 72 valence electrons. The van der Waals surface area contributed by atoms with Gasteiger partial charge in [0, 0.05) is 25.2 Å². The largest absolute Gasteiger partial charge is 0.313 e. The van der Waals surface area contributed by atoms with Crippen LogP contribution in [0.1, 0.15) is 33.6 Å². The molecule has 0 saturated carbocycles. The van der Waals surface area contributed by atoms with Gasteiger partial charge in [-0.1, -0.05) is 20.3 Å². The first-order valence-corrected chi connectivity index (χ1v) is 5.22. The maximum Gasteiger partial charge on any atom is 0.0108 e. The zero-order valence-corrected chi connectivity index (χ0v) is 8.56. The van der Waals surface area contributed by atoms with E-state index >= 15 is 0 Å². The van der Waals surface area contributed by atoms with Crippen molar-refractivity contribution in [3.05, 3.63) is 0 Å². The van der Waals surface area contributed by atoms with Crippen LogP contribution in [0.15, 0.2) is 0 Å². The maximum atomic E-state index is 3.60. The molecule has 3 atom stereocenters. The summed E-state index contributed by atoms with van der Waals surface area (Å²) in [5, 5.41) is 7.12. The fraction of sp³-hybridized carbons (Fsp3) is 1.00. The van der Waals surface area contributed by atoms with Crippen LogP contribution in [0.5, 0.6) is 0 Å². The summed E-state index contributed by atoms with van der Waals surface area (Å²) in [6, 6.07) is 1.39. The van der Waals surface area contributed by atoms with Crippen molar-refractivity contribution >= 4 is 0 Å². The lowest BCUT2D eigenvalue weighted by Crippen LogP contribution is -2.39. The predicted molar refractivity (Wildman–Crippen MR) is 53.3 cm³/mol. The molecule has 1 aliphatic rings. The van der Waals surface area contributed by atoms with E-state index in [-0.39, 0.29) is 0 Å². The monoisotopic (exact) mass is 170 g/mol. The van der Waals surface area contributed by atoms with Gasteiger partial charge >= 0.3 is 0 Å². The molecule has 12 heavy (non-hydrogen) atoms. The van der Waals surface area contributed by atoms with Crippen molar-refractivity contribution in [2.45, 2.75) is 45.7 Å². The fourth-order valence-electron chi connectivity index (χ4n) is 1.95. The summed E-state index contributed by atoms with van der Waals surface area (Å²) in [6.45, 7) is 9.14. The van der Waals surface area contributed by atoms with E-state index in [0.29, 0.717) is 6.04 Å². The first kappa shape index (κ1) is 10.0. The molecule has 0 aromatic carbocycles. The van der Waals surface area contributed by atoms with Crippen molar-refractivity contribution in [1.29, 1.82) is 0 Å². The lowest BCUT2D eigenvalue weighted by molar-refractivity contribution is 0.326. The van der Waals surface area contributed by atoms with Crippen molar-refractivity contribution in [2.75, 3.05) is 13.1 Å². The Bertz CT molecular complexity index is 125. The van der Waals surface area contributed by atoms with E-state index in [1.807, 2.05) is 0 Å². The highest BCUT2D eigenvalue weighted by molar-refractivity contribution is 4.83. The van der Waals surface area contributed by atoms with E-state index in [4.69, 9.17) is 0 Å². The van der Waals surface area contributed by atoms with Gasteiger partial charge in [0.25, 0.3) is 0 Å². The Morgan fingerprint density at radius 2 is 1.83 bits per heavy atom. The molecule has 3 unspecified atom stereocenters. The Labute approximate surface area is 76.1 Å². The van der Waals surface area contributed by atoms with E-state index < -0.39 is 0 Å². The predicted octanol–water partition coefficient (Wildman–Crippen LogP) is 1.37. The zero-order chi connectivity index (χ0) is 8.97. The molecule has 1 fully saturated rings. The molecule has 0 aliphatic carbocycles. The molecule has 0 radical (unpaired) electrons. The summed E-state index contributed by atoms with van der Waals surface area (Å²) in [7, 11) is 0. The van der Waals surface area contributed by atoms with Crippen LogP contribution in [0.25, 0.3) is 0 Å². The summed E-state index contributed by atoms with van der Waals surface area (Å²) < 4.78 is 0. The van der Waals surface area contributed by atoms with E-state index in [1.165, 1.54) is 12.8 Å². The van der Waals surface area contributed by atoms with Gasteiger partial charge in [-0.05, 0) is 19.3 Å². The molecule has 2 heteroatoms. The van der Waals surface area contributed by atoms with Crippen LogP contribution < -0.4 is 10.6 Å². The summed E-state index contributed by atoms with van der Waals surface area (Å²) >= 11 is 0. The fourth-order valence-corrected chi connectivity index (χ4v) is 1.95. The van der Waals surface area contributed by atoms with Gasteiger partial charge in [0.2, 0.25) is 0 Å². The SMILES string of the molecule is CCCC1NCCNC(C)C1C. The van der Waals surface area contributed by atoms with Crippen molar-refractivity contribution < 1.29 is 0 Å². The van der Waals surface area contributed by atoms with E-state index in [2.05, 4.69) is 31.4 Å². The van der Waals surface area contributed by atoms with Crippen LogP contribution in [0.3, 0.4) is 0 Å². The van der Waals surface area contributed by atoms with Crippen LogP contribution in [0.4, 0.5) is 0 Å². The molecule has 0 bridgehead atoms. The third-order valence-corrected chi connectivity index (χ3v) is 3.02. The number of hydrogen-bond donors (Lipinski definition) is 2. The summed E-state index contributed by atoms with van der Waals surface area (Å²) in [5.41, 5.74) is 0. The molecule has 1 saturated heterocycles. The average Bonchev–Trinajstić information content (AvgIpc) is 2.20. The Morgan fingerprint density at radius 1 is 1.17 bits per heavy atom. The Balaban J connectivity index is 2.46. The molecule has 1 rings (SSSR count). The van der Waals surface area contributed by atoms with Gasteiger partial charge in [0.15, 0.2) is 0 Å². The van der Waals surface area contributed by atoms with Gasteiger partial charge < -0.3 is 10.6 Å². The maximum absolute atomic E-state index is 3.60. The molecule has 1 aliphatic heterocycles. The highest BCUT2D eigenvalue weighted by atomic mass is 15.0. The number of hydrogen-bond acceptors (Lipinski definition) is 2. The van der Waals surface area contributed by atoms with Crippen LogP contribution in [-0.2, 0) is 0 Å². The summed E-state index contributed by atoms with van der Waals surface area (Å²) in [5.74, 6) is 0.757. The first-order chi connectivity index (χ1) is 5.75. The minimum atomic E-state index is 0.663. The Morgan fingerprint density at radius 3 is 2.50 bits per heavy atom. The molecule has 0 aromatic heterocycles. The third-order valence-electron chi connectivity index (χ3n) is 3.02. The van der Waals surface area contributed by atoms with Crippen molar-refractivity contribution in [2.24, 2.45) is 5.92 Å². The van der Waals surface area contributed by atoms with Crippen LogP contribution >= 0.6 is 0 Å². The first-order valence-electron chi connectivity index (χ1n) is 5.22. The van der Waals surface area contributed by atoms with Crippen molar-refractivity contribution in [3.63, 3.8) is 0 Å². The average molecular weight is 170 g/mol. The van der Waals surface area contributed by atoms with Gasteiger partial charge in [-0.25, -0.2) is 0 Å². The molecular formula is C10H22N2. The zero-order valence-electron chi connectivity index (χ0n) is 8.56. The van der Waals surface area contributed by atoms with Crippen molar-refractivity contribution in [3.8, 4) is 0 Å². The van der Waals surface area contributed by atoms with Crippen LogP contribution in [0.2, 0.25) is 0 Å². The Kier molecular flexibility index (Phi) is 4.02. The third kappa shape index (κ3) is 2.46. The minimum absolute atomic E-state index is 0.663. The second-order valence-electron chi connectivity index (χ2n) is 3.95. The highest BCUT2D eigenvalue weighted by Gasteiger charge is 2.23. The minimum Gasteiger partial charge on any atom is -0.313 e. The summed E-state index contributed by atoms with van der Waals surface area (Å²) in [4.78, 5) is 0. The quantitative estimate of drug-likeness (QED) is 0.654. The summed E-state index contributed by atoms with van der Waals surface area (Å²) in [6.07, 6.45) is 2.60. The highest BCUT2D eigenvalue weighted by Crippen LogP contribution is 2.14. The molecule has 0 amide bonds. The van der Waals surface area contributed by atoms with Crippen LogP contribution in [0, 0.1) is 5.92 Å². The van der Waals surface area contributed by atoms with Gasteiger partial charge in [-0.15, -0.1) is 0 Å². The second kappa shape index (κ2) is 4.83. The molecule has 0 aromatic rings. The normalized spacial score (nSPS) is 37.8. The van der Waals surface area contributed by atoms with Gasteiger partial charge in [0.1, 0.15) is 0 Å². The molecule has 0 spiro atoms. The van der Waals surface area contributed by atoms with Gasteiger partial charge in [-0.2, -0.15) is 0 Å². The Hall–Kier alpha value is -0.0800. The van der Waals surface area contributed by atoms with Gasteiger partial charge in [-0.3, -0.25) is 0 Å². The molecule has 1 heterocycles. The van der Waals surface area contributed by atoms with E-state index in [9.17, 15) is 0 Å². The number of nitrogens with one attached hydrogen (secondary N) is 2. The second-order valence-corrected chi connectivity index (χ2v) is 3.95. The standard InChI is InChI=1S/C10H22N2/c1-4-5-10-8(2)9(3)11-6-7-12-10/h8-12H,4-7H2,1-3H3. The van der Waals surface area contributed by atoms with E-state index in [1.54, 1.807) is 0 Å².